The second-order valence-electron chi connectivity index (χ2n) is 4.03. The van der Waals surface area contributed by atoms with Crippen molar-refractivity contribution in [3.8, 4) is 0 Å². The summed E-state index contributed by atoms with van der Waals surface area (Å²) in [6, 6.07) is 0.308. The van der Waals surface area contributed by atoms with E-state index in [4.69, 9.17) is 10.8 Å². The van der Waals surface area contributed by atoms with Crippen LogP contribution in [0.25, 0.3) is 0 Å². The van der Waals surface area contributed by atoms with Crippen molar-refractivity contribution in [3.05, 3.63) is 0 Å². The van der Waals surface area contributed by atoms with E-state index in [0.717, 1.165) is 32.1 Å². The summed E-state index contributed by atoms with van der Waals surface area (Å²) in [7, 11) is 0. The van der Waals surface area contributed by atoms with E-state index >= 15 is 0 Å². The third-order valence-electron chi connectivity index (χ3n) is 3.14. The van der Waals surface area contributed by atoms with Crippen LogP contribution in [0.15, 0.2) is 0 Å². The second kappa shape index (κ2) is 6.25. The first kappa shape index (κ1) is 13.7. The van der Waals surface area contributed by atoms with Crippen LogP contribution in [0, 0.1) is 11.8 Å². The Hall–Kier alpha value is -0.280. The van der Waals surface area contributed by atoms with Gasteiger partial charge in [-0.15, -0.1) is 12.4 Å². The zero-order chi connectivity index (χ0) is 9.84. The molecule has 3 nitrogen and oxygen atoms in total. The van der Waals surface area contributed by atoms with E-state index in [1.165, 1.54) is 0 Å². The van der Waals surface area contributed by atoms with Crippen LogP contribution in [-0.2, 0) is 4.79 Å². The summed E-state index contributed by atoms with van der Waals surface area (Å²) in [4.78, 5) is 10.9. The van der Waals surface area contributed by atoms with Crippen molar-refractivity contribution in [3.63, 3.8) is 0 Å². The van der Waals surface area contributed by atoms with E-state index in [9.17, 15) is 4.79 Å². The summed E-state index contributed by atoms with van der Waals surface area (Å²) in [6.07, 6.45) is 4.72. The van der Waals surface area contributed by atoms with Gasteiger partial charge in [0.15, 0.2) is 0 Å². The Morgan fingerprint density at radius 1 is 1.43 bits per heavy atom. The highest BCUT2D eigenvalue weighted by Gasteiger charge is 2.29. The standard InChI is InChI=1S/C10H19NO2.ClH/c1-2-9(10(12)13)7-3-5-8(11)6-4-7;/h7-9H,2-6,11H2,1H3,(H,12,13);1H/t7-,8-,9?;. The number of hydrogen-bond acceptors (Lipinski definition) is 2. The van der Waals surface area contributed by atoms with Crippen molar-refractivity contribution in [2.24, 2.45) is 17.6 Å². The molecule has 1 fully saturated rings. The molecule has 1 unspecified atom stereocenters. The fraction of sp³-hybridized carbons (Fsp3) is 0.900. The lowest BCUT2D eigenvalue weighted by Crippen LogP contribution is -2.32. The Labute approximate surface area is 91.5 Å². The average Bonchev–Trinajstić information content (AvgIpc) is 2.09. The number of carbonyl (C=O) groups is 1. The fourth-order valence-electron chi connectivity index (χ4n) is 2.26. The van der Waals surface area contributed by atoms with E-state index in [-0.39, 0.29) is 18.3 Å². The van der Waals surface area contributed by atoms with Crippen molar-refractivity contribution in [1.82, 2.24) is 0 Å². The molecule has 0 heterocycles. The van der Waals surface area contributed by atoms with Gasteiger partial charge < -0.3 is 10.8 Å². The van der Waals surface area contributed by atoms with E-state index < -0.39 is 5.97 Å². The number of hydrogen-bond donors (Lipinski definition) is 2. The third-order valence-corrected chi connectivity index (χ3v) is 3.14. The minimum absolute atomic E-state index is 0. The van der Waals surface area contributed by atoms with Gasteiger partial charge in [0.05, 0.1) is 5.92 Å². The maximum atomic E-state index is 10.9. The highest BCUT2D eigenvalue weighted by atomic mass is 35.5. The summed E-state index contributed by atoms with van der Waals surface area (Å²) >= 11 is 0. The van der Waals surface area contributed by atoms with Crippen molar-refractivity contribution in [2.45, 2.75) is 45.1 Å². The summed E-state index contributed by atoms with van der Waals surface area (Å²) in [5.74, 6) is -0.419. The molecule has 1 aliphatic carbocycles. The van der Waals surface area contributed by atoms with Crippen LogP contribution in [-0.4, -0.2) is 17.1 Å². The molecule has 84 valence electrons. The Morgan fingerprint density at radius 3 is 2.29 bits per heavy atom. The molecule has 0 aliphatic heterocycles. The highest BCUT2D eigenvalue weighted by molar-refractivity contribution is 5.85. The van der Waals surface area contributed by atoms with Gasteiger partial charge in [-0.1, -0.05) is 6.92 Å². The van der Waals surface area contributed by atoms with Crippen LogP contribution >= 0.6 is 12.4 Å². The van der Waals surface area contributed by atoms with E-state index in [1.54, 1.807) is 0 Å². The molecule has 0 aromatic heterocycles. The predicted molar refractivity (Wildman–Crippen MR) is 58.6 cm³/mol. The lowest BCUT2D eigenvalue weighted by molar-refractivity contribution is -0.144. The van der Waals surface area contributed by atoms with Gasteiger partial charge in [0.2, 0.25) is 0 Å². The Bertz CT molecular complexity index is 179. The average molecular weight is 222 g/mol. The number of carboxylic acid groups (broad SMARTS) is 1. The number of aliphatic carboxylic acids is 1. The molecule has 14 heavy (non-hydrogen) atoms. The lowest BCUT2D eigenvalue weighted by Gasteiger charge is -2.29. The van der Waals surface area contributed by atoms with Crippen LogP contribution in [0.4, 0.5) is 0 Å². The van der Waals surface area contributed by atoms with Gasteiger partial charge in [-0.2, -0.15) is 0 Å². The van der Waals surface area contributed by atoms with Gasteiger partial charge >= 0.3 is 5.97 Å². The summed E-state index contributed by atoms with van der Waals surface area (Å²) in [6.45, 7) is 1.95. The first-order valence-electron chi connectivity index (χ1n) is 5.13. The monoisotopic (exact) mass is 221 g/mol. The van der Waals surface area contributed by atoms with Crippen LogP contribution < -0.4 is 5.73 Å². The van der Waals surface area contributed by atoms with Crippen LogP contribution in [0.2, 0.25) is 0 Å². The molecule has 0 aromatic rings. The van der Waals surface area contributed by atoms with Crippen molar-refractivity contribution in [2.75, 3.05) is 0 Å². The summed E-state index contributed by atoms with van der Waals surface area (Å²) in [5.41, 5.74) is 5.77. The highest BCUT2D eigenvalue weighted by Crippen LogP contribution is 2.31. The van der Waals surface area contributed by atoms with Gasteiger partial charge in [-0.3, -0.25) is 4.79 Å². The zero-order valence-corrected chi connectivity index (χ0v) is 9.43. The minimum atomic E-state index is -0.636. The van der Waals surface area contributed by atoms with Crippen molar-refractivity contribution >= 4 is 18.4 Å². The number of halogens is 1. The van der Waals surface area contributed by atoms with Gasteiger partial charge in [0.1, 0.15) is 0 Å². The molecule has 0 saturated heterocycles. The smallest absolute Gasteiger partial charge is 0.306 e. The van der Waals surface area contributed by atoms with Gasteiger partial charge in [-0.25, -0.2) is 0 Å². The maximum absolute atomic E-state index is 10.9. The van der Waals surface area contributed by atoms with Gasteiger partial charge in [0.25, 0.3) is 0 Å². The third kappa shape index (κ3) is 3.46. The molecule has 0 amide bonds. The van der Waals surface area contributed by atoms with Crippen molar-refractivity contribution in [1.29, 1.82) is 0 Å². The molecule has 3 N–H and O–H groups in total. The molecule has 0 aromatic carbocycles. The van der Waals surface area contributed by atoms with Gasteiger partial charge in [0, 0.05) is 6.04 Å². The minimum Gasteiger partial charge on any atom is -0.481 e. The van der Waals surface area contributed by atoms with Crippen LogP contribution in [0.5, 0.6) is 0 Å². The topological polar surface area (TPSA) is 63.3 Å². The molecule has 0 radical (unpaired) electrons. The molecule has 1 rings (SSSR count). The molecule has 4 heteroatoms. The Morgan fingerprint density at radius 2 is 1.93 bits per heavy atom. The quantitative estimate of drug-likeness (QED) is 0.767. The zero-order valence-electron chi connectivity index (χ0n) is 8.61. The molecule has 1 saturated carbocycles. The van der Waals surface area contributed by atoms with Gasteiger partial charge in [-0.05, 0) is 38.0 Å². The Kier molecular flexibility index (Phi) is 6.12. The maximum Gasteiger partial charge on any atom is 0.306 e. The summed E-state index contributed by atoms with van der Waals surface area (Å²) < 4.78 is 0. The normalized spacial score (nSPS) is 29.0. The SMILES string of the molecule is CCC(C(=O)O)[C@H]1CC[C@H](N)CC1.Cl. The first-order valence-corrected chi connectivity index (χ1v) is 5.13. The number of carboxylic acids is 1. The molecule has 1 aliphatic rings. The molecular formula is C10H20ClNO2. The molecule has 0 spiro atoms. The summed E-state index contributed by atoms with van der Waals surface area (Å²) in [5, 5.41) is 8.96. The van der Waals surface area contributed by atoms with Crippen molar-refractivity contribution < 1.29 is 9.90 Å². The first-order chi connectivity index (χ1) is 6.15. The van der Waals surface area contributed by atoms with Crippen LogP contribution in [0.3, 0.4) is 0 Å². The van der Waals surface area contributed by atoms with Crippen LogP contribution in [0.1, 0.15) is 39.0 Å². The number of nitrogens with two attached hydrogens (primary N) is 1. The van der Waals surface area contributed by atoms with E-state index in [1.807, 2.05) is 6.92 Å². The second-order valence-corrected chi connectivity index (χ2v) is 4.03. The molecule has 0 bridgehead atoms. The fourth-order valence-corrected chi connectivity index (χ4v) is 2.26. The van der Waals surface area contributed by atoms with E-state index in [2.05, 4.69) is 0 Å². The number of rotatable bonds is 3. The largest absolute Gasteiger partial charge is 0.481 e. The van der Waals surface area contributed by atoms with E-state index in [0.29, 0.717) is 12.0 Å². The predicted octanol–water partition coefficient (Wildman–Crippen LogP) is 2.04. The lowest BCUT2D eigenvalue weighted by atomic mass is 9.77. The molecule has 1 atom stereocenters. The molecular weight excluding hydrogens is 202 g/mol. The Balaban J connectivity index is 0.00000169.